The fraction of sp³-hybridized carbons (Fsp3) is 0.192. The molecule has 5 rings (SSSR count). The maximum atomic E-state index is 13.7. The summed E-state index contributed by atoms with van der Waals surface area (Å²) in [5, 5.41) is 1.86. The lowest BCUT2D eigenvalue weighted by atomic mass is 9.90. The summed E-state index contributed by atoms with van der Waals surface area (Å²) >= 11 is 15.8. The highest BCUT2D eigenvalue weighted by Crippen LogP contribution is 2.44. The highest BCUT2D eigenvalue weighted by atomic mass is 79.9. The fourth-order valence-corrected chi connectivity index (χ4v) is 5.57. The van der Waals surface area contributed by atoms with Gasteiger partial charge in [-0.05, 0) is 53.9 Å². The molecule has 1 N–H and O–H groups in total. The lowest BCUT2D eigenvalue weighted by Crippen LogP contribution is -2.48. The Morgan fingerprint density at radius 2 is 1.74 bits per heavy atom. The number of carbonyl (C=O) groups is 3. The maximum absolute atomic E-state index is 13.7. The van der Waals surface area contributed by atoms with Crippen LogP contribution < -0.4 is 10.3 Å². The minimum atomic E-state index is -1.03. The Kier molecular flexibility index (Phi) is 6.44. The fourth-order valence-electron chi connectivity index (χ4n) is 4.67. The number of fused-ring (bicyclic) bond motifs is 1. The SMILES string of the molecule is CCc1ccc([C@@H]2NN(C(=O)c3cccc(Br)c3)[C@H]3C(=O)N(c4ccc(Cl)cc4Cl)C(=O)[C@H]23)cc1. The molecule has 0 spiro atoms. The highest BCUT2D eigenvalue weighted by Gasteiger charge is 2.60. The molecule has 2 aliphatic heterocycles. The zero-order valence-corrected chi connectivity index (χ0v) is 21.6. The normalized spacial score (nSPS) is 21.5. The van der Waals surface area contributed by atoms with Crippen molar-refractivity contribution in [1.29, 1.82) is 0 Å². The molecule has 3 atom stereocenters. The lowest BCUT2D eigenvalue weighted by Gasteiger charge is -2.25. The van der Waals surface area contributed by atoms with Gasteiger partial charge in [0.1, 0.15) is 6.04 Å². The molecule has 0 aliphatic carbocycles. The molecule has 2 aliphatic rings. The summed E-state index contributed by atoms with van der Waals surface area (Å²) < 4.78 is 0.731. The number of hydrogen-bond acceptors (Lipinski definition) is 4. The Morgan fingerprint density at radius 1 is 1.00 bits per heavy atom. The number of hydrogen-bond donors (Lipinski definition) is 1. The van der Waals surface area contributed by atoms with E-state index in [-0.39, 0.29) is 10.7 Å². The van der Waals surface area contributed by atoms with E-state index in [2.05, 4.69) is 28.3 Å². The van der Waals surface area contributed by atoms with Gasteiger partial charge < -0.3 is 0 Å². The molecule has 0 saturated carbocycles. The van der Waals surface area contributed by atoms with E-state index in [1.54, 1.807) is 30.3 Å². The maximum Gasteiger partial charge on any atom is 0.268 e. The molecule has 0 bridgehead atoms. The van der Waals surface area contributed by atoms with Crippen molar-refractivity contribution in [3.63, 3.8) is 0 Å². The Labute approximate surface area is 220 Å². The molecule has 3 aromatic carbocycles. The summed E-state index contributed by atoms with van der Waals surface area (Å²) in [5.74, 6) is -2.17. The minimum Gasteiger partial charge on any atom is -0.274 e. The number of nitrogens with one attached hydrogen (secondary N) is 1. The molecule has 6 nitrogen and oxygen atoms in total. The van der Waals surface area contributed by atoms with Crippen LogP contribution in [0.15, 0.2) is 71.2 Å². The molecule has 0 unspecified atom stereocenters. The largest absolute Gasteiger partial charge is 0.274 e. The van der Waals surface area contributed by atoms with Crippen LogP contribution in [0.2, 0.25) is 10.0 Å². The number of carbonyl (C=O) groups excluding carboxylic acids is 3. The number of imide groups is 1. The van der Waals surface area contributed by atoms with E-state index in [0.29, 0.717) is 10.6 Å². The highest BCUT2D eigenvalue weighted by molar-refractivity contribution is 9.10. The standard InChI is InChI=1S/C26H20BrCl2N3O3/c1-2-14-6-8-15(9-7-14)22-21-23(32(30-22)24(33)16-4-3-5-17(27)12-16)26(35)31(25(21)34)20-11-10-18(28)13-19(20)29/h3-13,21-23,30H,2H2,1H3/t21-,22+,23-/m1/s1. The van der Waals surface area contributed by atoms with Crippen LogP contribution in [0, 0.1) is 5.92 Å². The quantitative estimate of drug-likeness (QED) is 0.414. The van der Waals surface area contributed by atoms with Crippen molar-refractivity contribution in [3.05, 3.63) is 97.9 Å². The van der Waals surface area contributed by atoms with Gasteiger partial charge in [0.25, 0.3) is 11.8 Å². The average molecular weight is 573 g/mol. The summed E-state index contributed by atoms with van der Waals surface area (Å²) in [6.07, 6.45) is 0.873. The van der Waals surface area contributed by atoms with Crippen LogP contribution in [0.3, 0.4) is 0 Å². The molecule has 0 aromatic heterocycles. The first-order valence-electron chi connectivity index (χ1n) is 11.1. The van der Waals surface area contributed by atoms with E-state index in [1.165, 1.54) is 11.1 Å². The molecular formula is C26H20BrCl2N3O3. The van der Waals surface area contributed by atoms with Crippen LogP contribution in [0.1, 0.15) is 34.5 Å². The summed E-state index contributed by atoms with van der Waals surface area (Å²) in [7, 11) is 0. The van der Waals surface area contributed by atoms with Crippen LogP contribution in [-0.4, -0.2) is 28.8 Å². The first-order chi connectivity index (χ1) is 16.8. The number of nitrogens with zero attached hydrogens (tertiary/aromatic N) is 2. The van der Waals surface area contributed by atoms with Crippen LogP contribution >= 0.6 is 39.1 Å². The minimum absolute atomic E-state index is 0.181. The van der Waals surface area contributed by atoms with E-state index in [1.807, 2.05) is 30.3 Å². The van der Waals surface area contributed by atoms with Crippen LogP contribution in [0.4, 0.5) is 5.69 Å². The number of benzene rings is 3. The van der Waals surface area contributed by atoms with Crippen LogP contribution in [0.5, 0.6) is 0 Å². The van der Waals surface area contributed by atoms with E-state index in [9.17, 15) is 14.4 Å². The van der Waals surface area contributed by atoms with Gasteiger partial charge in [-0.1, -0.05) is 76.4 Å². The van der Waals surface area contributed by atoms with E-state index in [4.69, 9.17) is 23.2 Å². The van der Waals surface area contributed by atoms with Gasteiger partial charge in [-0.2, -0.15) is 0 Å². The number of aryl methyl sites for hydroxylation is 1. The van der Waals surface area contributed by atoms with Crippen molar-refractivity contribution in [2.24, 2.45) is 5.92 Å². The monoisotopic (exact) mass is 571 g/mol. The second kappa shape index (κ2) is 9.39. The van der Waals surface area contributed by atoms with E-state index >= 15 is 0 Å². The van der Waals surface area contributed by atoms with Gasteiger partial charge in [0.05, 0.1) is 22.7 Å². The third-order valence-electron chi connectivity index (χ3n) is 6.42. The Balaban J connectivity index is 1.59. The van der Waals surface area contributed by atoms with Crippen LogP contribution in [0.25, 0.3) is 0 Å². The number of hydrazine groups is 1. The summed E-state index contributed by atoms with van der Waals surface area (Å²) in [6.45, 7) is 2.06. The smallest absolute Gasteiger partial charge is 0.268 e. The number of halogens is 3. The molecule has 0 radical (unpaired) electrons. The van der Waals surface area contributed by atoms with Gasteiger partial charge in [-0.3, -0.25) is 19.4 Å². The molecule has 2 heterocycles. The molecule has 3 aromatic rings. The second-order valence-corrected chi connectivity index (χ2v) is 10.2. The van der Waals surface area contributed by atoms with Crippen molar-refractivity contribution in [1.82, 2.24) is 10.4 Å². The number of rotatable bonds is 4. The van der Waals surface area contributed by atoms with Crippen molar-refractivity contribution in [2.45, 2.75) is 25.4 Å². The Morgan fingerprint density at radius 3 is 2.40 bits per heavy atom. The third kappa shape index (κ3) is 4.16. The van der Waals surface area contributed by atoms with Gasteiger partial charge in [-0.15, -0.1) is 0 Å². The number of amides is 3. The van der Waals surface area contributed by atoms with Gasteiger partial charge in [0, 0.05) is 15.1 Å². The number of anilines is 1. The Bertz CT molecular complexity index is 1350. The van der Waals surface area contributed by atoms with Gasteiger partial charge in [0.15, 0.2) is 0 Å². The van der Waals surface area contributed by atoms with E-state index < -0.39 is 35.7 Å². The summed E-state index contributed by atoms with van der Waals surface area (Å²) in [5.41, 5.74) is 5.76. The third-order valence-corrected chi connectivity index (χ3v) is 7.45. The van der Waals surface area contributed by atoms with Crippen molar-refractivity contribution in [2.75, 3.05) is 4.90 Å². The molecule has 2 fully saturated rings. The van der Waals surface area contributed by atoms with Crippen molar-refractivity contribution < 1.29 is 14.4 Å². The van der Waals surface area contributed by atoms with Crippen molar-refractivity contribution >= 4 is 62.5 Å². The lowest BCUT2D eigenvalue weighted by molar-refractivity contribution is -0.123. The molecule has 2 saturated heterocycles. The molecule has 178 valence electrons. The molecule has 3 amide bonds. The first-order valence-corrected chi connectivity index (χ1v) is 12.6. The van der Waals surface area contributed by atoms with E-state index in [0.717, 1.165) is 26.9 Å². The second-order valence-electron chi connectivity index (χ2n) is 8.47. The molecule has 9 heteroatoms. The predicted molar refractivity (Wildman–Crippen MR) is 138 cm³/mol. The molecular weight excluding hydrogens is 553 g/mol. The van der Waals surface area contributed by atoms with Gasteiger partial charge in [0.2, 0.25) is 5.91 Å². The van der Waals surface area contributed by atoms with Gasteiger partial charge in [-0.25, -0.2) is 10.3 Å². The zero-order valence-electron chi connectivity index (χ0n) is 18.5. The predicted octanol–water partition coefficient (Wildman–Crippen LogP) is 5.58. The Hall–Kier alpha value is -2.71. The van der Waals surface area contributed by atoms with Crippen molar-refractivity contribution in [3.8, 4) is 0 Å². The zero-order chi connectivity index (χ0) is 24.9. The topological polar surface area (TPSA) is 69.7 Å². The van der Waals surface area contributed by atoms with Gasteiger partial charge >= 0.3 is 0 Å². The summed E-state index contributed by atoms with van der Waals surface area (Å²) in [6, 6.07) is 17.7. The molecule has 35 heavy (non-hydrogen) atoms. The first kappa shape index (κ1) is 24.0. The summed E-state index contributed by atoms with van der Waals surface area (Å²) in [4.78, 5) is 42.0. The average Bonchev–Trinajstić information content (AvgIpc) is 3.36. The van der Waals surface area contributed by atoms with Crippen LogP contribution in [-0.2, 0) is 16.0 Å².